The fraction of sp³-hybridized carbons (Fsp3) is 0.250. The van der Waals surface area contributed by atoms with Crippen LogP contribution in [0.4, 0.5) is 0 Å². The van der Waals surface area contributed by atoms with Gasteiger partial charge in [-0.3, -0.25) is 4.79 Å². The van der Waals surface area contributed by atoms with Crippen molar-refractivity contribution in [2.24, 2.45) is 5.92 Å². The number of benzene rings is 2. The molecule has 3 rings (SSSR count). The number of Topliss-reactive ketones (excluding diaryl/α,β-unsaturated/α-hetero) is 1. The summed E-state index contributed by atoms with van der Waals surface area (Å²) in [5.41, 5.74) is 4.64. The summed E-state index contributed by atoms with van der Waals surface area (Å²) < 4.78 is 0. The Bertz CT molecular complexity index is 650. The number of hydrogen-bond donors (Lipinski definition) is 0. The Balaban J connectivity index is 1.72. The van der Waals surface area contributed by atoms with Crippen LogP contribution in [0.3, 0.4) is 0 Å². The smallest absolute Gasteiger partial charge is 0.162 e. The van der Waals surface area contributed by atoms with Crippen molar-refractivity contribution >= 4 is 11.9 Å². The van der Waals surface area contributed by atoms with Gasteiger partial charge in [0.25, 0.3) is 0 Å². The standard InChI is InChI=1S/C20H20O/c1-15-7-9-17(10-8-15)14-19-12-11-18(20(19)21)13-16-5-3-2-4-6-16/h2-10,13,19H,11-12,14H2,1H3/b18-13+. The molecule has 0 N–H and O–H groups in total. The minimum atomic E-state index is 0.155. The van der Waals surface area contributed by atoms with Crippen molar-refractivity contribution in [1.82, 2.24) is 0 Å². The highest BCUT2D eigenvalue weighted by molar-refractivity contribution is 6.03. The first-order valence-electron chi connectivity index (χ1n) is 7.58. The van der Waals surface area contributed by atoms with E-state index in [1.165, 1.54) is 11.1 Å². The Hall–Kier alpha value is -2.15. The van der Waals surface area contributed by atoms with Gasteiger partial charge in [0.15, 0.2) is 5.78 Å². The third-order valence-electron chi connectivity index (χ3n) is 4.19. The fourth-order valence-corrected chi connectivity index (χ4v) is 2.94. The molecule has 1 nitrogen and oxygen atoms in total. The van der Waals surface area contributed by atoms with Crippen molar-refractivity contribution in [2.75, 3.05) is 0 Å². The number of rotatable bonds is 3. The lowest BCUT2D eigenvalue weighted by Crippen LogP contribution is -2.10. The maximum atomic E-state index is 12.5. The molecule has 21 heavy (non-hydrogen) atoms. The number of ketones is 1. The molecule has 0 aromatic heterocycles. The summed E-state index contributed by atoms with van der Waals surface area (Å²) in [4.78, 5) is 12.5. The second kappa shape index (κ2) is 6.09. The number of carbonyl (C=O) groups is 1. The van der Waals surface area contributed by atoms with E-state index in [2.05, 4.69) is 37.3 Å². The van der Waals surface area contributed by atoms with Gasteiger partial charge in [-0.25, -0.2) is 0 Å². The zero-order valence-electron chi connectivity index (χ0n) is 12.4. The van der Waals surface area contributed by atoms with E-state index in [0.717, 1.165) is 30.4 Å². The second-order valence-corrected chi connectivity index (χ2v) is 5.87. The van der Waals surface area contributed by atoms with Crippen molar-refractivity contribution in [3.05, 3.63) is 76.9 Å². The van der Waals surface area contributed by atoms with Gasteiger partial charge in [0, 0.05) is 5.92 Å². The third-order valence-corrected chi connectivity index (χ3v) is 4.19. The van der Waals surface area contributed by atoms with Gasteiger partial charge >= 0.3 is 0 Å². The molecule has 2 aromatic rings. The molecule has 1 aliphatic rings. The lowest BCUT2D eigenvalue weighted by Gasteiger charge is -2.08. The SMILES string of the molecule is Cc1ccc(CC2CC/C(=C\c3ccccc3)C2=O)cc1. The van der Waals surface area contributed by atoms with Gasteiger partial charge in [0.2, 0.25) is 0 Å². The summed E-state index contributed by atoms with van der Waals surface area (Å²) in [5, 5.41) is 0. The highest BCUT2D eigenvalue weighted by Gasteiger charge is 2.28. The van der Waals surface area contributed by atoms with Gasteiger partial charge < -0.3 is 0 Å². The van der Waals surface area contributed by atoms with Crippen LogP contribution < -0.4 is 0 Å². The molecule has 0 radical (unpaired) electrons. The van der Waals surface area contributed by atoms with Crippen LogP contribution in [-0.4, -0.2) is 5.78 Å². The van der Waals surface area contributed by atoms with Gasteiger partial charge in [0.1, 0.15) is 0 Å². The Morgan fingerprint density at radius 3 is 2.48 bits per heavy atom. The van der Waals surface area contributed by atoms with Gasteiger partial charge in [0.05, 0.1) is 0 Å². The van der Waals surface area contributed by atoms with Crippen molar-refractivity contribution in [2.45, 2.75) is 26.2 Å². The Morgan fingerprint density at radius 1 is 1.05 bits per heavy atom. The second-order valence-electron chi connectivity index (χ2n) is 5.87. The Kier molecular flexibility index (Phi) is 4.01. The Labute approximate surface area is 126 Å². The van der Waals surface area contributed by atoms with E-state index >= 15 is 0 Å². The molecule has 0 spiro atoms. The van der Waals surface area contributed by atoms with Crippen molar-refractivity contribution in [3.63, 3.8) is 0 Å². The van der Waals surface area contributed by atoms with Crippen molar-refractivity contribution < 1.29 is 4.79 Å². The predicted octanol–water partition coefficient (Wildman–Crippen LogP) is 4.60. The van der Waals surface area contributed by atoms with E-state index in [1.54, 1.807) is 0 Å². The van der Waals surface area contributed by atoms with Crippen LogP contribution in [0.1, 0.15) is 29.5 Å². The van der Waals surface area contributed by atoms with Crippen LogP contribution in [0.15, 0.2) is 60.2 Å². The molecule has 0 amide bonds. The number of hydrogen-bond acceptors (Lipinski definition) is 1. The molecule has 0 heterocycles. The lowest BCUT2D eigenvalue weighted by atomic mass is 9.96. The summed E-state index contributed by atoms with van der Waals surface area (Å²) in [5.74, 6) is 0.488. The van der Waals surface area contributed by atoms with E-state index in [1.807, 2.05) is 30.3 Å². The molecule has 0 aliphatic heterocycles. The molecule has 1 atom stereocenters. The highest BCUT2D eigenvalue weighted by atomic mass is 16.1. The monoisotopic (exact) mass is 276 g/mol. The summed E-state index contributed by atoms with van der Waals surface area (Å²) in [6, 6.07) is 18.6. The number of aryl methyl sites for hydroxylation is 1. The molecule has 1 unspecified atom stereocenters. The van der Waals surface area contributed by atoms with Crippen LogP contribution in [0, 0.1) is 12.8 Å². The van der Waals surface area contributed by atoms with E-state index < -0.39 is 0 Å². The number of carbonyl (C=O) groups excluding carboxylic acids is 1. The summed E-state index contributed by atoms with van der Waals surface area (Å²) in [6.45, 7) is 2.09. The maximum Gasteiger partial charge on any atom is 0.162 e. The fourth-order valence-electron chi connectivity index (χ4n) is 2.94. The van der Waals surface area contributed by atoms with Crippen LogP contribution in [-0.2, 0) is 11.2 Å². The van der Waals surface area contributed by atoms with Crippen LogP contribution >= 0.6 is 0 Å². The molecule has 1 saturated carbocycles. The molecule has 1 aliphatic carbocycles. The zero-order valence-corrected chi connectivity index (χ0v) is 12.4. The van der Waals surface area contributed by atoms with E-state index in [0.29, 0.717) is 5.78 Å². The minimum absolute atomic E-state index is 0.155. The zero-order chi connectivity index (χ0) is 14.7. The van der Waals surface area contributed by atoms with Gasteiger partial charge in [-0.05, 0) is 49.0 Å². The lowest BCUT2D eigenvalue weighted by molar-refractivity contribution is -0.117. The van der Waals surface area contributed by atoms with Crippen molar-refractivity contribution in [1.29, 1.82) is 0 Å². The van der Waals surface area contributed by atoms with Crippen LogP contribution in [0.2, 0.25) is 0 Å². The van der Waals surface area contributed by atoms with Gasteiger partial charge in [-0.1, -0.05) is 60.2 Å². The molecule has 106 valence electrons. The summed E-state index contributed by atoms with van der Waals surface area (Å²) in [6.07, 6.45) is 4.80. The van der Waals surface area contributed by atoms with Gasteiger partial charge in [-0.15, -0.1) is 0 Å². The largest absolute Gasteiger partial charge is 0.294 e. The van der Waals surface area contributed by atoms with Crippen LogP contribution in [0.5, 0.6) is 0 Å². The van der Waals surface area contributed by atoms with E-state index in [9.17, 15) is 4.79 Å². The quantitative estimate of drug-likeness (QED) is 0.749. The molecular weight excluding hydrogens is 256 g/mol. The number of allylic oxidation sites excluding steroid dienone is 1. The molecule has 1 heteroatoms. The molecular formula is C20H20O. The first-order valence-corrected chi connectivity index (χ1v) is 7.58. The highest BCUT2D eigenvalue weighted by Crippen LogP contribution is 2.30. The molecule has 0 bridgehead atoms. The predicted molar refractivity (Wildman–Crippen MR) is 87.0 cm³/mol. The van der Waals surface area contributed by atoms with Gasteiger partial charge in [-0.2, -0.15) is 0 Å². The topological polar surface area (TPSA) is 17.1 Å². The molecule has 0 saturated heterocycles. The average Bonchev–Trinajstić information content (AvgIpc) is 2.84. The van der Waals surface area contributed by atoms with Crippen LogP contribution in [0.25, 0.3) is 6.08 Å². The molecule has 2 aromatic carbocycles. The van der Waals surface area contributed by atoms with E-state index in [-0.39, 0.29) is 5.92 Å². The normalized spacial score (nSPS) is 20.1. The summed E-state index contributed by atoms with van der Waals surface area (Å²) >= 11 is 0. The molecule has 1 fully saturated rings. The first-order chi connectivity index (χ1) is 10.2. The maximum absolute atomic E-state index is 12.5. The third kappa shape index (κ3) is 3.30. The average molecular weight is 276 g/mol. The summed E-state index contributed by atoms with van der Waals surface area (Å²) in [7, 11) is 0. The minimum Gasteiger partial charge on any atom is -0.294 e. The first kappa shape index (κ1) is 13.8. The van der Waals surface area contributed by atoms with E-state index in [4.69, 9.17) is 0 Å². The Morgan fingerprint density at radius 2 is 1.76 bits per heavy atom. The van der Waals surface area contributed by atoms with Crippen molar-refractivity contribution in [3.8, 4) is 0 Å².